The topological polar surface area (TPSA) is 54.7 Å². The van der Waals surface area contributed by atoms with Crippen LogP contribution in [0.3, 0.4) is 0 Å². The number of piperidine rings is 1. The molecule has 1 N–H and O–H groups in total. The van der Waals surface area contributed by atoms with E-state index in [1.165, 1.54) is 19.3 Å². The summed E-state index contributed by atoms with van der Waals surface area (Å²) in [5.41, 5.74) is 4.35. The normalized spacial score (nSPS) is 15.0. The van der Waals surface area contributed by atoms with Crippen LogP contribution in [0, 0.1) is 6.92 Å². The summed E-state index contributed by atoms with van der Waals surface area (Å²) in [4.78, 5) is 15.0. The smallest absolute Gasteiger partial charge is 0.162 e. The Morgan fingerprint density at radius 3 is 2.38 bits per heavy atom. The maximum atomic E-state index is 12.7. The molecule has 0 saturated carbocycles. The maximum absolute atomic E-state index is 12.7. The monoisotopic (exact) mass is 392 g/mol. The average molecular weight is 392 g/mol. The van der Waals surface area contributed by atoms with Crippen molar-refractivity contribution in [1.82, 2.24) is 9.47 Å². The van der Waals surface area contributed by atoms with Gasteiger partial charge in [-0.1, -0.05) is 6.42 Å². The van der Waals surface area contributed by atoms with E-state index in [4.69, 9.17) is 4.74 Å². The minimum atomic E-state index is 0.0188. The highest BCUT2D eigenvalue weighted by Crippen LogP contribution is 2.37. The summed E-state index contributed by atoms with van der Waals surface area (Å²) in [7, 11) is 1.65. The minimum Gasteiger partial charge on any atom is -0.508 e. The molecule has 0 radical (unpaired) electrons. The van der Waals surface area contributed by atoms with Gasteiger partial charge < -0.3 is 14.4 Å². The first-order valence-corrected chi connectivity index (χ1v) is 10.2. The van der Waals surface area contributed by atoms with Gasteiger partial charge in [-0.25, -0.2) is 0 Å². The highest BCUT2D eigenvalue weighted by molar-refractivity contribution is 6.10. The van der Waals surface area contributed by atoms with Crippen molar-refractivity contribution < 1.29 is 14.6 Å². The molecule has 0 spiro atoms. The third-order valence-electron chi connectivity index (χ3n) is 5.97. The molecule has 0 aliphatic carbocycles. The Bertz CT molecular complexity index is 1040. The van der Waals surface area contributed by atoms with E-state index in [0.29, 0.717) is 12.1 Å². The fourth-order valence-corrected chi connectivity index (χ4v) is 4.56. The van der Waals surface area contributed by atoms with Gasteiger partial charge in [0.25, 0.3) is 0 Å². The van der Waals surface area contributed by atoms with E-state index in [2.05, 4.69) is 9.47 Å². The van der Waals surface area contributed by atoms with Crippen LogP contribution in [-0.4, -0.2) is 40.6 Å². The fraction of sp³-hybridized carbons (Fsp3) is 0.375. The van der Waals surface area contributed by atoms with Gasteiger partial charge in [-0.05, 0) is 76.2 Å². The SMILES string of the molecule is COc1ccc(-n2c(C)c(C(C)=O)c3c(CN4CCCCC4)c(O)ccc32)cc1. The number of hydrogen-bond acceptors (Lipinski definition) is 4. The number of likely N-dealkylation sites (tertiary alicyclic amines) is 1. The van der Waals surface area contributed by atoms with Crippen molar-refractivity contribution in [2.24, 2.45) is 0 Å². The summed E-state index contributed by atoms with van der Waals surface area (Å²) >= 11 is 0. The third-order valence-corrected chi connectivity index (χ3v) is 5.97. The zero-order valence-electron chi connectivity index (χ0n) is 17.4. The number of hydrogen-bond donors (Lipinski definition) is 1. The van der Waals surface area contributed by atoms with E-state index in [9.17, 15) is 9.90 Å². The Morgan fingerprint density at radius 2 is 1.76 bits per heavy atom. The standard InChI is InChI=1S/C24H28N2O3/c1-16-23(17(2)27)24-20(15-25-13-5-4-6-14-25)22(28)12-11-21(24)26(16)18-7-9-19(29-3)10-8-18/h7-12,28H,4-6,13-15H2,1-3H3. The van der Waals surface area contributed by atoms with Crippen molar-refractivity contribution in [1.29, 1.82) is 0 Å². The molecular weight excluding hydrogens is 364 g/mol. The molecule has 1 aliphatic rings. The molecule has 1 saturated heterocycles. The van der Waals surface area contributed by atoms with Crippen LogP contribution in [0.5, 0.6) is 11.5 Å². The molecular formula is C24H28N2O3. The van der Waals surface area contributed by atoms with Crippen molar-refractivity contribution in [3.8, 4) is 17.2 Å². The highest BCUT2D eigenvalue weighted by atomic mass is 16.5. The molecule has 1 aromatic heterocycles. The van der Waals surface area contributed by atoms with Gasteiger partial charge in [-0.2, -0.15) is 0 Å². The molecule has 0 unspecified atom stereocenters. The number of ketones is 1. The number of aromatic nitrogens is 1. The van der Waals surface area contributed by atoms with Crippen LogP contribution in [0.25, 0.3) is 16.6 Å². The van der Waals surface area contributed by atoms with Crippen molar-refractivity contribution in [2.75, 3.05) is 20.2 Å². The predicted octanol–water partition coefficient (Wildman–Crippen LogP) is 4.84. The molecule has 1 fully saturated rings. The number of phenolic OH excluding ortho intramolecular Hbond substituents is 1. The van der Waals surface area contributed by atoms with E-state index in [1.807, 2.05) is 37.3 Å². The quantitative estimate of drug-likeness (QED) is 0.631. The van der Waals surface area contributed by atoms with E-state index < -0.39 is 0 Å². The Morgan fingerprint density at radius 1 is 1.07 bits per heavy atom. The Balaban J connectivity index is 1.92. The highest BCUT2D eigenvalue weighted by Gasteiger charge is 2.24. The number of rotatable bonds is 5. The van der Waals surface area contributed by atoms with E-state index in [1.54, 1.807) is 20.1 Å². The Labute approximate surface area is 171 Å². The number of nitrogens with zero attached hydrogens (tertiary/aromatic N) is 2. The fourth-order valence-electron chi connectivity index (χ4n) is 4.56. The lowest BCUT2D eigenvalue weighted by atomic mass is 10.00. The number of carbonyl (C=O) groups is 1. The van der Waals surface area contributed by atoms with Gasteiger partial charge in [0.15, 0.2) is 5.78 Å². The number of benzene rings is 2. The van der Waals surface area contributed by atoms with Gasteiger partial charge in [0, 0.05) is 34.4 Å². The lowest BCUT2D eigenvalue weighted by Crippen LogP contribution is -2.29. The second kappa shape index (κ2) is 7.91. The molecule has 0 atom stereocenters. The van der Waals surface area contributed by atoms with Crippen molar-refractivity contribution in [3.63, 3.8) is 0 Å². The summed E-state index contributed by atoms with van der Waals surface area (Å²) in [6, 6.07) is 11.5. The summed E-state index contributed by atoms with van der Waals surface area (Å²) in [5.74, 6) is 1.07. The molecule has 1 aliphatic heterocycles. The van der Waals surface area contributed by atoms with Gasteiger partial charge >= 0.3 is 0 Å². The number of aromatic hydroxyl groups is 1. The van der Waals surface area contributed by atoms with Crippen LogP contribution in [0.15, 0.2) is 36.4 Å². The van der Waals surface area contributed by atoms with Crippen LogP contribution < -0.4 is 4.74 Å². The number of carbonyl (C=O) groups excluding carboxylic acids is 1. The number of ether oxygens (including phenoxy) is 1. The van der Waals surface area contributed by atoms with Gasteiger partial charge in [0.1, 0.15) is 11.5 Å². The van der Waals surface area contributed by atoms with E-state index in [0.717, 1.165) is 46.7 Å². The summed E-state index contributed by atoms with van der Waals surface area (Å²) in [6.07, 6.45) is 3.63. The molecule has 0 amide bonds. The van der Waals surface area contributed by atoms with Crippen LogP contribution >= 0.6 is 0 Å². The minimum absolute atomic E-state index is 0.0188. The zero-order chi connectivity index (χ0) is 20.5. The molecule has 5 heteroatoms. The molecule has 0 bridgehead atoms. The third kappa shape index (κ3) is 3.51. The van der Waals surface area contributed by atoms with Gasteiger partial charge in [-0.15, -0.1) is 0 Å². The first-order valence-electron chi connectivity index (χ1n) is 10.2. The molecule has 29 heavy (non-hydrogen) atoms. The largest absolute Gasteiger partial charge is 0.508 e. The van der Waals surface area contributed by atoms with E-state index in [-0.39, 0.29) is 11.5 Å². The van der Waals surface area contributed by atoms with E-state index >= 15 is 0 Å². The second-order valence-electron chi connectivity index (χ2n) is 7.84. The number of phenols is 1. The molecule has 152 valence electrons. The average Bonchev–Trinajstić information content (AvgIpc) is 3.03. The summed E-state index contributed by atoms with van der Waals surface area (Å²) in [6.45, 7) is 6.31. The molecule has 3 aromatic rings. The molecule has 4 rings (SSSR count). The summed E-state index contributed by atoms with van der Waals surface area (Å²) in [5, 5.41) is 11.6. The number of methoxy groups -OCH3 is 1. The summed E-state index contributed by atoms with van der Waals surface area (Å²) < 4.78 is 7.39. The molecule has 5 nitrogen and oxygen atoms in total. The van der Waals surface area contributed by atoms with Crippen LogP contribution in [0.4, 0.5) is 0 Å². The number of fused-ring (bicyclic) bond motifs is 1. The van der Waals surface area contributed by atoms with Gasteiger partial charge in [-0.3, -0.25) is 9.69 Å². The lowest BCUT2D eigenvalue weighted by Gasteiger charge is -2.27. The van der Waals surface area contributed by atoms with Crippen molar-refractivity contribution >= 4 is 16.7 Å². The zero-order valence-corrected chi connectivity index (χ0v) is 17.4. The van der Waals surface area contributed by atoms with Crippen LogP contribution in [0.2, 0.25) is 0 Å². The second-order valence-corrected chi connectivity index (χ2v) is 7.84. The maximum Gasteiger partial charge on any atom is 0.162 e. The lowest BCUT2D eigenvalue weighted by molar-refractivity contribution is 0.101. The molecule has 2 aromatic carbocycles. The van der Waals surface area contributed by atoms with Crippen molar-refractivity contribution in [2.45, 2.75) is 39.7 Å². The van der Waals surface area contributed by atoms with Gasteiger partial charge in [0.05, 0.1) is 12.6 Å². The van der Waals surface area contributed by atoms with Crippen LogP contribution in [0.1, 0.15) is 47.8 Å². The van der Waals surface area contributed by atoms with Gasteiger partial charge in [0.2, 0.25) is 0 Å². The Hall–Kier alpha value is -2.79. The van der Waals surface area contributed by atoms with Crippen molar-refractivity contribution in [3.05, 3.63) is 53.2 Å². The Kier molecular flexibility index (Phi) is 5.33. The number of Topliss-reactive ketones (excluding diaryl/α,β-unsaturated/α-hetero) is 1. The first-order chi connectivity index (χ1) is 14.0. The first kappa shape index (κ1) is 19.5. The van der Waals surface area contributed by atoms with Crippen LogP contribution in [-0.2, 0) is 6.54 Å². The molecule has 2 heterocycles. The predicted molar refractivity (Wildman–Crippen MR) is 115 cm³/mol.